The van der Waals surface area contributed by atoms with Gasteiger partial charge in [-0.2, -0.15) is 0 Å². The fraction of sp³-hybridized carbons (Fsp3) is 0.286. The Morgan fingerprint density at radius 2 is 2.35 bits per heavy atom. The van der Waals surface area contributed by atoms with Crippen molar-refractivity contribution in [3.8, 4) is 0 Å². The molecular formula is C14H14ClN3O2. The summed E-state index contributed by atoms with van der Waals surface area (Å²) >= 11 is 5.90. The molecule has 0 spiro atoms. The van der Waals surface area contributed by atoms with Crippen LogP contribution in [-0.2, 0) is 17.9 Å². The molecule has 0 radical (unpaired) electrons. The molecule has 3 rings (SSSR count). The second-order valence-electron chi connectivity index (χ2n) is 4.70. The van der Waals surface area contributed by atoms with Gasteiger partial charge in [-0.15, -0.1) is 0 Å². The van der Waals surface area contributed by atoms with E-state index in [9.17, 15) is 4.79 Å². The molecule has 1 N–H and O–H groups in total. The molecule has 5 nitrogen and oxygen atoms in total. The van der Waals surface area contributed by atoms with Gasteiger partial charge in [0.1, 0.15) is 18.1 Å². The lowest BCUT2D eigenvalue weighted by Gasteiger charge is -2.13. The van der Waals surface area contributed by atoms with Crippen molar-refractivity contribution in [2.24, 2.45) is 0 Å². The van der Waals surface area contributed by atoms with Crippen LogP contribution in [0.15, 0.2) is 24.4 Å². The molecule has 1 aliphatic heterocycles. The molecule has 0 aliphatic carbocycles. The van der Waals surface area contributed by atoms with Crippen LogP contribution in [0.1, 0.15) is 21.9 Å². The highest BCUT2D eigenvalue weighted by Gasteiger charge is 2.17. The van der Waals surface area contributed by atoms with Crippen molar-refractivity contribution in [3.05, 3.63) is 46.5 Å². The van der Waals surface area contributed by atoms with Crippen LogP contribution in [0, 0.1) is 6.92 Å². The van der Waals surface area contributed by atoms with Crippen molar-refractivity contribution in [3.63, 3.8) is 0 Å². The summed E-state index contributed by atoms with van der Waals surface area (Å²) in [5, 5.41) is 3.50. The first-order chi connectivity index (χ1) is 9.63. The predicted octanol–water partition coefficient (Wildman–Crippen LogP) is 2.63. The highest BCUT2D eigenvalue weighted by molar-refractivity contribution is 6.30. The largest absolute Gasteiger partial charge is 0.372 e. The summed E-state index contributed by atoms with van der Waals surface area (Å²) in [4.78, 5) is 16.5. The van der Waals surface area contributed by atoms with E-state index < -0.39 is 0 Å². The molecule has 0 atom stereocenters. The van der Waals surface area contributed by atoms with Gasteiger partial charge in [0.25, 0.3) is 5.91 Å². The Bertz CT molecular complexity index is 643. The Labute approximate surface area is 121 Å². The summed E-state index contributed by atoms with van der Waals surface area (Å²) < 4.78 is 7.26. The summed E-state index contributed by atoms with van der Waals surface area (Å²) in [6, 6.07) is 5.34. The van der Waals surface area contributed by atoms with Crippen LogP contribution >= 0.6 is 11.6 Å². The van der Waals surface area contributed by atoms with Gasteiger partial charge in [-0.1, -0.05) is 11.6 Å². The lowest BCUT2D eigenvalue weighted by atomic mass is 10.2. The zero-order chi connectivity index (χ0) is 14.1. The van der Waals surface area contributed by atoms with Crippen molar-refractivity contribution in [2.45, 2.75) is 20.1 Å². The van der Waals surface area contributed by atoms with E-state index in [0.717, 1.165) is 23.6 Å². The molecule has 1 aromatic heterocycles. The molecule has 1 amide bonds. The maximum Gasteiger partial charge on any atom is 0.275 e. The van der Waals surface area contributed by atoms with Gasteiger partial charge in [0.15, 0.2) is 0 Å². The van der Waals surface area contributed by atoms with Crippen molar-refractivity contribution in [1.82, 2.24) is 9.55 Å². The molecule has 0 bridgehead atoms. The molecule has 20 heavy (non-hydrogen) atoms. The molecule has 0 saturated carbocycles. The Morgan fingerprint density at radius 3 is 3.10 bits per heavy atom. The van der Waals surface area contributed by atoms with Gasteiger partial charge >= 0.3 is 0 Å². The van der Waals surface area contributed by atoms with Crippen molar-refractivity contribution >= 4 is 23.2 Å². The average molecular weight is 292 g/mol. The second kappa shape index (κ2) is 5.26. The van der Waals surface area contributed by atoms with Crippen LogP contribution in [0.3, 0.4) is 0 Å². The molecule has 1 aromatic carbocycles. The summed E-state index contributed by atoms with van der Waals surface area (Å²) in [6.07, 6.45) is 1.76. The van der Waals surface area contributed by atoms with E-state index in [1.165, 1.54) is 0 Å². The summed E-state index contributed by atoms with van der Waals surface area (Å²) in [5.74, 6) is 0.562. The number of nitrogens with zero attached hydrogens (tertiary/aromatic N) is 2. The molecule has 2 aromatic rings. The topological polar surface area (TPSA) is 56.2 Å². The number of hydrogen-bond acceptors (Lipinski definition) is 3. The van der Waals surface area contributed by atoms with Crippen molar-refractivity contribution in [1.29, 1.82) is 0 Å². The lowest BCUT2D eigenvalue weighted by Crippen LogP contribution is -2.15. The third-order valence-corrected chi connectivity index (χ3v) is 3.47. The number of imidazole rings is 1. The second-order valence-corrected chi connectivity index (χ2v) is 5.14. The number of aromatic nitrogens is 2. The number of hydrogen-bond donors (Lipinski definition) is 1. The first-order valence-corrected chi connectivity index (χ1v) is 6.72. The van der Waals surface area contributed by atoms with E-state index in [2.05, 4.69) is 10.3 Å². The Hall–Kier alpha value is -1.85. The van der Waals surface area contributed by atoms with Crippen LogP contribution in [0.2, 0.25) is 5.02 Å². The minimum atomic E-state index is -0.225. The number of ether oxygens (including phenoxy) is 1. The SMILES string of the molecule is Cc1cc(Cl)ccc1NC(=O)c1cn2c(n1)COCC2. The average Bonchev–Trinajstić information content (AvgIpc) is 2.86. The first kappa shape index (κ1) is 13.1. The fourth-order valence-corrected chi connectivity index (χ4v) is 2.38. The van der Waals surface area contributed by atoms with Gasteiger partial charge in [-0.3, -0.25) is 4.79 Å². The number of rotatable bonds is 2. The van der Waals surface area contributed by atoms with E-state index in [0.29, 0.717) is 23.9 Å². The number of halogens is 1. The maximum absolute atomic E-state index is 12.2. The predicted molar refractivity (Wildman–Crippen MR) is 76.0 cm³/mol. The summed E-state index contributed by atoms with van der Waals surface area (Å²) in [5.41, 5.74) is 2.06. The van der Waals surface area contributed by atoms with Gasteiger partial charge in [0.2, 0.25) is 0 Å². The molecule has 104 valence electrons. The Morgan fingerprint density at radius 1 is 1.50 bits per heavy atom. The quantitative estimate of drug-likeness (QED) is 0.925. The fourth-order valence-electron chi connectivity index (χ4n) is 2.15. The van der Waals surface area contributed by atoms with Crippen LogP contribution in [0.5, 0.6) is 0 Å². The van der Waals surface area contributed by atoms with E-state index in [1.807, 2.05) is 17.6 Å². The summed E-state index contributed by atoms with van der Waals surface area (Å²) in [7, 11) is 0. The third kappa shape index (κ3) is 2.55. The number of aryl methyl sites for hydroxylation is 1. The molecule has 1 aliphatic rings. The Balaban J connectivity index is 1.80. The van der Waals surface area contributed by atoms with Gasteiger partial charge in [0.05, 0.1) is 6.61 Å². The van der Waals surface area contributed by atoms with Crippen LogP contribution in [-0.4, -0.2) is 22.1 Å². The van der Waals surface area contributed by atoms with Crippen molar-refractivity contribution < 1.29 is 9.53 Å². The third-order valence-electron chi connectivity index (χ3n) is 3.24. The molecule has 0 unspecified atom stereocenters. The minimum Gasteiger partial charge on any atom is -0.372 e. The number of benzene rings is 1. The molecular weight excluding hydrogens is 278 g/mol. The number of nitrogens with one attached hydrogen (secondary N) is 1. The van der Waals surface area contributed by atoms with Crippen LogP contribution in [0.25, 0.3) is 0 Å². The highest BCUT2D eigenvalue weighted by Crippen LogP contribution is 2.20. The lowest BCUT2D eigenvalue weighted by molar-refractivity contribution is 0.0816. The molecule has 2 heterocycles. The smallest absolute Gasteiger partial charge is 0.275 e. The maximum atomic E-state index is 12.2. The number of anilines is 1. The normalized spacial score (nSPS) is 13.9. The number of fused-ring (bicyclic) bond motifs is 1. The zero-order valence-electron chi connectivity index (χ0n) is 11.0. The highest BCUT2D eigenvalue weighted by atomic mass is 35.5. The van der Waals surface area contributed by atoms with Gasteiger partial charge in [0, 0.05) is 23.5 Å². The van der Waals surface area contributed by atoms with E-state index in [1.54, 1.807) is 18.3 Å². The Kier molecular flexibility index (Phi) is 3.46. The van der Waals surface area contributed by atoms with Crippen LogP contribution < -0.4 is 5.32 Å². The first-order valence-electron chi connectivity index (χ1n) is 6.35. The summed E-state index contributed by atoms with van der Waals surface area (Å²) in [6.45, 7) is 3.73. The monoisotopic (exact) mass is 291 g/mol. The van der Waals surface area contributed by atoms with E-state index in [4.69, 9.17) is 16.3 Å². The van der Waals surface area contributed by atoms with E-state index >= 15 is 0 Å². The minimum absolute atomic E-state index is 0.225. The number of amides is 1. The standard InChI is InChI=1S/C14H14ClN3O2/c1-9-6-10(15)2-3-11(9)17-14(19)12-7-18-4-5-20-8-13(18)16-12/h2-3,6-7H,4-5,8H2,1H3,(H,17,19). The zero-order valence-corrected chi connectivity index (χ0v) is 11.8. The van der Waals surface area contributed by atoms with Gasteiger partial charge < -0.3 is 14.6 Å². The number of carbonyl (C=O) groups excluding carboxylic acids is 1. The van der Waals surface area contributed by atoms with Crippen LogP contribution in [0.4, 0.5) is 5.69 Å². The van der Waals surface area contributed by atoms with Gasteiger partial charge in [-0.05, 0) is 30.7 Å². The molecule has 6 heteroatoms. The van der Waals surface area contributed by atoms with Crippen molar-refractivity contribution in [2.75, 3.05) is 11.9 Å². The van der Waals surface area contributed by atoms with E-state index in [-0.39, 0.29) is 5.91 Å². The molecule has 0 saturated heterocycles. The number of carbonyl (C=O) groups is 1. The van der Waals surface area contributed by atoms with Gasteiger partial charge in [-0.25, -0.2) is 4.98 Å². The molecule has 0 fully saturated rings.